The van der Waals surface area contributed by atoms with Crippen molar-refractivity contribution in [3.05, 3.63) is 35.9 Å². The summed E-state index contributed by atoms with van der Waals surface area (Å²) in [5.74, 6) is 0.203. The summed E-state index contributed by atoms with van der Waals surface area (Å²) in [5, 5.41) is 2.21. The third-order valence-corrected chi connectivity index (χ3v) is 3.66. The molecule has 20 heavy (non-hydrogen) atoms. The van der Waals surface area contributed by atoms with E-state index in [0.717, 1.165) is 25.1 Å². The molecule has 0 bridgehead atoms. The molecule has 1 aromatic rings. The smallest absolute Gasteiger partial charge is 0.318 e. The van der Waals surface area contributed by atoms with Gasteiger partial charge in [-0.1, -0.05) is 37.3 Å². The number of hydrogen-bond acceptors (Lipinski definition) is 3. The molecule has 5 nitrogen and oxygen atoms in total. The minimum atomic E-state index is -0.805. The molecule has 0 spiro atoms. The highest BCUT2D eigenvalue weighted by Gasteiger charge is 2.31. The van der Waals surface area contributed by atoms with Crippen molar-refractivity contribution in [2.45, 2.75) is 25.8 Å². The number of primary amides is 1. The van der Waals surface area contributed by atoms with Crippen LogP contribution in [0, 0.1) is 5.92 Å². The Hall–Kier alpha value is -1.88. The number of piperidine rings is 1. The molecule has 0 aromatic heterocycles. The van der Waals surface area contributed by atoms with E-state index < -0.39 is 12.1 Å². The Bertz CT molecular complexity index is 475. The van der Waals surface area contributed by atoms with E-state index in [0.29, 0.717) is 5.92 Å². The van der Waals surface area contributed by atoms with Gasteiger partial charge in [-0.05, 0) is 30.9 Å². The van der Waals surface area contributed by atoms with Crippen molar-refractivity contribution >= 4 is 11.9 Å². The van der Waals surface area contributed by atoms with E-state index in [1.165, 1.54) is 6.42 Å². The number of rotatable bonds is 3. The Balaban J connectivity index is 2.24. The monoisotopic (exact) mass is 275 g/mol. The number of benzene rings is 1. The molecule has 0 saturated carbocycles. The van der Waals surface area contributed by atoms with E-state index >= 15 is 0 Å². The number of amides is 3. The van der Waals surface area contributed by atoms with Crippen molar-refractivity contribution in [1.82, 2.24) is 10.2 Å². The maximum absolute atomic E-state index is 12.3. The Morgan fingerprint density at radius 2 is 2.05 bits per heavy atom. The lowest BCUT2D eigenvalue weighted by Gasteiger charge is -2.36. The van der Waals surface area contributed by atoms with Gasteiger partial charge in [-0.15, -0.1) is 0 Å². The highest BCUT2D eigenvalue weighted by atomic mass is 16.2. The van der Waals surface area contributed by atoms with Gasteiger partial charge in [0.25, 0.3) is 0 Å². The number of imide groups is 1. The Morgan fingerprint density at radius 3 is 2.65 bits per heavy atom. The molecule has 1 heterocycles. The lowest BCUT2D eigenvalue weighted by molar-refractivity contribution is -0.126. The Morgan fingerprint density at radius 1 is 1.35 bits per heavy atom. The zero-order chi connectivity index (χ0) is 14.5. The fourth-order valence-corrected chi connectivity index (χ4v) is 2.81. The van der Waals surface area contributed by atoms with Gasteiger partial charge in [0.15, 0.2) is 0 Å². The standard InChI is InChI=1S/C15H21N3O2/c1-11-6-5-9-18(10-11)13(14(19)17-15(16)20)12-7-3-2-4-8-12/h2-4,7-8,11,13H,5-6,9-10H2,1H3,(H3,16,17,19,20)/t11-,13-/m1/s1. The first kappa shape index (κ1) is 14.5. The summed E-state index contributed by atoms with van der Waals surface area (Å²) in [4.78, 5) is 25.4. The van der Waals surface area contributed by atoms with Crippen LogP contribution in [0.2, 0.25) is 0 Å². The molecule has 1 aliphatic rings. The molecule has 108 valence electrons. The summed E-state index contributed by atoms with van der Waals surface area (Å²) in [6.07, 6.45) is 2.24. The van der Waals surface area contributed by atoms with Crippen molar-refractivity contribution in [2.75, 3.05) is 13.1 Å². The van der Waals surface area contributed by atoms with Gasteiger partial charge >= 0.3 is 6.03 Å². The van der Waals surface area contributed by atoms with Crippen LogP contribution in [0.4, 0.5) is 4.79 Å². The second-order valence-electron chi connectivity index (χ2n) is 5.41. The van der Waals surface area contributed by atoms with Crippen molar-refractivity contribution in [3.63, 3.8) is 0 Å². The number of hydrogen-bond donors (Lipinski definition) is 2. The third-order valence-electron chi connectivity index (χ3n) is 3.66. The summed E-state index contributed by atoms with van der Waals surface area (Å²) in [7, 11) is 0. The van der Waals surface area contributed by atoms with Crippen LogP contribution in [-0.4, -0.2) is 29.9 Å². The first-order valence-electron chi connectivity index (χ1n) is 6.97. The Kier molecular flexibility index (Phi) is 4.74. The molecule has 2 atom stereocenters. The molecule has 1 saturated heterocycles. The molecular formula is C15H21N3O2. The average Bonchev–Trinajstić information content (AvgIpc) is 2.39. The van der Waals surface area contributed by atoms with Gasteiger partial charge in [-0.3, -0.25) is 15.0 Å². The zero-order valence-electron chi connectivity index (χ0n) is 11.7. The van der Waals surface area contributed by atoms with Gasteiger partial charge in [0.2, 0.25) is 5.91 Å². The first-order chi connectivity index (χ1) is 9.58. The predicted molar refractivity (Wildman–Crippen MR) is 76.9 cm³/mol. The highest BCUT2D eigenvalue weighted by Crippen LogP contribution is 2.26. The van der Waals surface area contributed by atoms with Crippen LogP contribution < -0.4 is 11.1 Å². The van der Waals surface area contributed by atoms with Crippen LogP contribution in [0.1, 0.15) is 31.4 Å². The van der Waals surface area contributed by atoms with E-state index in [9.17, 15) is 9.59 Å². The van der Waals surface area contributed by atoms with Gasteiger partial charge in [-0.25, -0.2) is 4.79 Å². The molecule has 1 aliphatic heterocycles. The maximum Gasteiger partial charge on any atom is 0.318 e. The normalized spacial score (nSPS) is 21.1. The van der Waals surface area contributed by atoms with E-state index in [-0.39, 0.29) is 5.91 Å². The number of likely N-dealkylation sites (tertiary alicyclic amines) is 1. The van der Waals surface area contributed by atoms with E-state index in [2.05, 4.69) is 17.1 Å². The fourth-order valence-electron chi connectivity index (χ4n) is 2.81. The third kappa shape index (κ3) is 3.57. The van der Waals surface area contributed by atoms with Gasteiger partial charge in [0.05, 0.1) is 0 Å². The summed E-state index contributed by atoms with van der Waals surface area (Å²) in [6.45, 7) is 3.89. The van der Waals surface area contributed by atoms with E-state index in [1.807, 2.05) is 30.3 Å². The molecule has 0 aliphatic carbocycles. The van der Waals surface area contributed by atoms with Crippen LogP contribution in [0.3, 0.4) is 0 Å². The molecule has 2 rings (SSSR count). The number of nitrogens with two attached hydrogens (primary N) is 1. The summed E-state index contributed by atoms with van der Waals surface area (Å²) in [5.41, 5.74) is 5.97. The van der Waals surface area contributed by atoms with Crippen LogP contribution in [-0.2, 0) is 4.79 Å². The van der Waals surface area contributed by atoms with Crippen molar-refractivity contribution in [3.8, 4) is 0 Å². The lowest BCUT2D eigenvalue weighted by Crippen LogP contribution is -2.47. The van der Waals surface area contributed by atoms with Crippen LogP contribution in [0.25, 0.3) is 0 Å². The molecule has 5 heteroatoms. The van der Waals surface area contributed by atoms with Crippen LogP contribution in [0.15, 0.2) is 30.3 Å². The SMILES string of the molecule is C[C@@H]1CCCN([C@@H](C(=O)NC(N)=O)c2ccccc2)C1. The largest absolute Gasteiger partial charge is 0.351 e. The number of nitrogens with zero attached hydrogens (tertiary/aromatic N) is 1. The molecule has 3 amide bonds. The van der Waals surface area contributed by atoms with Gasteiger partial charge in [-0.2, -0.15) is 0 Å². The van der Waals surface area contributed by atoms with Gasteiger partial charge in [0, 0.05) is 6.54 Å². The molecule has 1 fully saturated rings. The van der Waals surface area contributed by atoms with E-state index in [1.54, 1.807) is 0 Å². The first-order valence-corrected chi connectivity index (χ1v) is 6.97. The van der Waals surface area contributed by atoms with Crippen LogP contribution in [0.5, 0.6) is 0 Å². The number of urea groups is 1. The quantitative estimate of drug-likeness (QED) is 0.880. The molecule has 1 aromatic carbocycles. The summed E-state index contributed by atoms with van der Waals surface area (Å²) >= 11 is 0. The highest BCUT2D eigenvalue weighted by molar-refractivity contribution is 5.96. The van der Waals surface area contributed by atoms with Gasteiger partial charge < -0.3 is 5.73 Å². The topological polar surface area (TPSA) is 75.4 Å². The minimum absolute atomic E-state index is 0.349. The number of carbonyl (C=O) groups is 2. The minimum Gasteiger partial charge on any atom is -0.351 e. The predicted octanol–water partition coefficient (Wildman–Crippen LogP) is 1.65. The number of carbonyl (C=O) groups excluding carboxylic acids is 2. The maximum atomic E-state index is 12.3. The van der Waals surface area contributed by atoms with Crippen molar-refractivity contribution in [2.24, 2.45) is 11.7 Å². The number of nitrogens with one attached hydrogen (secondary N) is 1. The fraction of sp³-hybridized carbons (Fsp3) is 0.467. The zero-order valence-corrected chi connectivity index (χ0v) is 11.7. The molecule has 0 unspecified atom stereocenters. The molecule has 3 N–H and O–H groups in total. The lowest BCUT2D eigenvalue weighted by atomic mass is 9.96. The van der Waals surface area contributed by atoms with Crippen molar-refractivity contribution < 1.29 is 9.59 Å². The Labute approximate surface area is 119 Å². The summed E-state index contributed by atoms with van der Waals surface area (Å²) in [6, 6.07) is 8.26. The van der Waals surface area contributed by atoms with E-state index in [4.69, 9.17) is 5.73 Å². The average molecular weight is 275 g/mol. The molecule has 0 radical (unpaired) electrons. The summed E-state index contributed by atoms with van der Waals surface area (Å²) < 4.78 is 0. The molecular weight excluding hydrogens is 254 g/mol. The van der Waals surface area contributed by atoms with Gasteiger partial charge in [0.1, 0.15) is 6.04 Å². The second kappa shape index (κ2) is 6.52. The van der Waals surface area contributed by atoms with Crippen molar-refractivity contribution in [1.29, 1.82) is 0 Å². The second-order valence-corrected chi connectivity index (χ2v) is 5.41. The van der Waals surface area contributed by atoms with Crippen LogP contribution >= 0.6 is 0 Å².